The van der Waals surface area contributed by atoms with Crippen molar-refractivity contribution >= 4 is 23.5 Å². The molecule has 1 fully saturated rings. The van der Waals surface area contributed by atoms with Gasteiger partial charge < -0.3 is 19.1 Å². The first kappa shape index (κ1) is 21.0. The molecule has 0 radical (unpaired) electrons. The Morgan fingerprint density at radius 1 is 1.10 bits per heavy atom. The normalized spacial score (nSPS) is 15.8. The Morgan fingerprint density at radius 2 is 1.86 bits per heavy atom. The monoisotopic (exact) mass is 417 g/mol. The fourth-order valence-corrected chi connectivity index (χ4v) is 3.66. The number of amides is 1. The third-order valence-corrected chi connectivity index (χ3v) is 5.24. The zero-order chi connectivity index (χ0) is 20.8. The lowest BCUT2D eigenvalue weighted by Crippen LogP contribution is -2.34. The molecule has 6 nitrogen and oxygen atoms in total. The van der Waals surface area contributed by atoms with E-state index in [9.17, 15) is 9.59 Å². The van der Waals surface area contributed by atoms with Crippen molar-refractivity contribution in [3.05, 3.63) is 58.6 Å². The van der Waals surface area contributed by atoms with Gasteiger partial charge in [0, 0.05) is 17.1 Å². The highest BCUT2D eigenvalue weighted by Crippen LogP contribution is 2.38. The number of nitrogens with zero attached hydrogens (tertiary/aromatic N) is 1. The highest BCUT2D eigenvalue weighted by molar-refractivity contribution is 6.30. The molecule has 0 N–H and O–H groups in total. The maximum atomic E-state index is 12.7. The Balaban J connectivity index is 1.63. The van der Waals surface area contributed by atoms with Crippen LogP contribution in [0.25, 0.3) is 0 Å². The number of benzene rings is 2. The number of halogens is 1. The maximum Gasteiger partial charge on any atom is 0.310 e. The van der Waals surface area contributed by atoms with Crippen LogP contribution in [0.15, 0.2) is 42.5 Å². The van der Waals surface area contributed by atoms with Crippen LogP contribution in [0.1, 0.15) is 30.0 Å². The van der Waals surface area contributed by atoms with Gasteiger partial charge >= 0.3 is 5.97 Å². The maximum absolute atomic E-state index is 12.7. The van der Waals surface area contributed by atoms with Crippen molar-refractivity contribution in [3.63, 3.8) is 0 Å². The Hall–Kier alpha value is -2.73. The smallest absolute Gasteiger partial charge is 0.310 e. The average molecular weight is 418 g/mol. The summed E-state index contributed by atoms with van der Waals surface area (Å²) in [6.45, 7) is 0.327. The quantitative estimate of drug-likeness (QED) is 0.641. The first-order chi connectivity index (χ1) is 14.0. The van der Waals surface area contributed by atoms with Gasteiger partial charge in [-0.15, -0.1) is 0 Å². The van der Waals surface area contributed by atoms with Crippen LogP contribution >= 0.6 is 11.6 Å². The van der Waals surface area contributed by atoms with Crippen LogP contribution in [0.4, 0.5) is 0 Å². The highest BCUT2D eigenvalue weighted by Gasteiger charge is 2.32. The van der Waals surface area contributed by atoms with Crippen LogP contribution < -0.4 is 9.47 Å². The predicted octanol–water partition coefficient (Wildman–Crippen LogP) is 3.81. The van der Waals surface area contributed by atoms with E-state index >= 15 is 0 Å². The molecule has 1 heterocycles. The zero-order valence-corrected chi connectivity index (χ0v) is 17.3. The van der Waals surface area contributed by atoms with Gasteiger partial charge in [-0.3, -0.25) is 9.59 Å². The summed E-state index contributed by atoms with van der Waals surface area (Å²) < 4.78 is 16.0. The first-order valence-corrected chi connectivity index (χ1v) is 9.81. The summed E-state index contributed by atoms with van der Waals surface area (Å²) in [5, 5.41) is 0.602. The fourth-order valence-electron chi connectivity index (χ4n) is 3.53. The van der Waals surface area contributed by atoms with Gasteiger partial charge in [0.2, 0.25) is 0 Å². The van der Waals surface area contributed by atoms with Crippen molar-refractivity contribution in [3.8, 4) is 11.5 Å². The molecule has 1 amide bonds. The molecule has 29 heavy (non-hydrogen) atoms. The number of hydrogen-bond acceptors (Lipinski definition) is 5. The molecular formula is C22H24ClNO5. The van der Waals surface area contributed by atoms with Gasteiger partial charge in [-0.2, -0.15) is 0 Å². The van der Waals surface area contributed by atoms with Crippen molar-refractivity contribution in [2.24, 2.45) is 0 Å². The predicted molar refractivity (Wildman–Crippen MR) is 109 cm³/mol. The number of carbonyl (C=O) groups excluding carboxylic acids is 2. The number of likely N-dealkylation sites (tertiary alicyclic amines) is 1. The minimum Gasteiger partial charge on any atom is -0.497 e. The van der Waals surface area contributed by atoms with Gasteiger partial charge in [0.05, 0.1) is 26.7 Å². The number of esters is 1. The Labute approximate surface area is 175 Å². The van der Waals surface area contributed by atoms with E-state index in [1.165, 1.54) is 0 Å². The van der Waals surface area contributed by atoms with Crippen LogP contribution in [-0.4, -0.2) is 44.1 Å². The SMILES string of the molecule is COc1ccc(OC)c([C@@H]2CCCN2C(=O)COC(=O)Cc2ccc(Cl)cc2)c1. The Kier molecular flexibility index (Phi) is 6.99. The van der Waals surface area contributed by atoms with Crippen molar-refractivity contribution in [1.82, 2.24) is 4.90 Å². The molecule has 0 spiro atoms. The minimum atomic E-state index is -0.449. The topological polar surface area (TPSA) is 65.1 Å². The van der Waals surface area contributed by atoms with Crippen LogP contribution in [0, 0.1) is 0 Å². The van der Waals surface area contributed by atoms with E-state index in [4.69, 9.17) is 25.8 Å². The summed E-state index contributed by atoms with van der Waals surface area (Å²) in [6.07, 6.45) is 1.78. The van der Waals surface area contributed by atoms with Gasteiger partial charge in [0.25, 0.3) is 5.91 Å². The van der Waals surface area contributed by atoms with E-state index in [0.717, 1.165) is 24.0 Å². The average Bonchev–Trinajstić information content (AvgIpc) is 3.23. The molecule has 1 aliphatic rings. The van der Waals surface area contributed by atoms with E-state index in [0.29, 0.717) is 23.1 Å². The highest BCUT2D eigenvalue weighted by atomic mass is 35.5. The molecule has 0 aliphatic carbocycles. The summed E-state index contributed by atoms with van der Waals surface area (Å²) in [4.78, 5) is 26.6. The second-order valence-corrected chi connectivity index (χ2v) is 7.25. The van der Waals surface area contributed by atoms with Crippen molar-refractivity contribution in [1.29, 1.82) is 0 Å². The molecule has 1 aliphatic heterocycles. The molecule has 7 heteroatoms. The molecule has 1 atom stereocenters. The summed E-state index contributed by atoms with van der Waals surface area (Å²) >= 11 is 5.85. The number of rotatable bonds is 7. The molecule has 2 aromatic rings. The molecule has 2 aromatic carbocycles. The second kappa shape index (κ2) is 9.65. The largest absolute Gasteiger partial charge is 0.497 e. The zero-order valence-electron chi connectivity index (χ0n) is 16.5. The fraction of sp³-hybridized carbons (Fsp3) is 0.364. The third kappa shape index (κ3) is 5.21. The van der Waals surface area contributed by atoms with Gasteiger partial charge in [-0.1, -0.05) is 23.7 Å². The Bertz CT molecular complexity index is 868. The van der Waals surface area contributed by atoms with Crippen LogP contribution in [0.3, 0.4) is 0 Å². The number of methoxy groups -OCH3 is 2. The molecule has 1 saturated heterocycles. The molecule has 3 rings (SSSR count). The van der Waals surface area contributed by atoms with Gasteiger partial charge in [0.15, 0.2) is 6.61 Å². The van der Waals surface area contributed by atoms with E-state index in [1.807, 2.05) is 18.2 Å². The van der Waals surface area contributed by atoms with Crippen molar-refractivity contribution < 1.29 is 23.8 Å². The molecular weight excluding hydrogens is 394 g/mol. The molecule has 0 saturated carbocycles. The van der Waals surface area contributed by atoms with Crippen LogP contribution in [-0.2, 0) is 20.7 Å². The summed E-state index contributed by atoms with van der Waals surface area (Å²) in [5.74, 6) is 0.738. The number of carbonyl (C=O) groups is 2. The summed E-state index contributed by atoms with van der Waals surface area (Å²) in [7, 11) is 3.20. The van der Waals surface area contributed by atoms with Crippen LogP contribution in [0.2, 0.25) is 5.02 Å². The lowest BCUT2D eigenvalue weighted by Gasteiger charge is -2.26. The Morgan fingerprint density at radius 3 is 2.55 bits per heavy atom. The number of hydrogen-bond donors (Lipinski definition) is 0. The third-order valence-electron chi connectivity index (χ3n) is 4.99. The molecule has 0 aromatic heterocycles. The van der Waals surface area contributed by atoms with Crippen molar-refractivity contribution in [2.75, 3.05) is 27.4 Å². The van der Waals surface area contributed by atoms with Gasteiger partial charge in [-0.25, -0.2) is 0 Å². The summed E-state index contributed by atoms with van der Waals surface area (Å²) in [6, 6.07) is 12.4. The minimum absolute atomic E-state index is 0.0948. The first-order valence-electron chi connectivity index (χ1n) is 9.43. The van der Waals surface area contributed by atoms with Gasteiger partial charge in [0.1, 0.15) is 11.5 Å². The molecule has 0 bridgehead atoms. The van der Waals surface area contributed by atoms with E-state index in [-0.39, 0.29) is 25.0 Å². The van der Waals surface area contributed by atoms with E-state index in [2.05, 4.69) is 0 Å². The van der Waals surface area contributed by atoms with Crippen molar-refractivity contribution in [2.45, 2.75) is 25.3 Å². The standard InChI is InChI=1S/C22H24ClNO5/c1-27-17-9-10-20(28-2)18(13-17)19-4-3-11-24(19)21(25)14-29-22(26)12-15-5-7-16(23)8-6-15/h5-10,13,19H,3-4,11-12,14H2,1-2H3/t19-/m0/s1. The van der Waals surface area contributed by atoms with E-state index < -0.39 is 5.97 Å². The second-order valence-electron chi connectivity index (χ2n) is 6.82. The molecule has 154 valence electrons. The summed E-state index contributed by atoms with van der Waals surface area (Å²) in [5.41, 5.74) is 1.68. The number of ether oxygens (including phenoxy) is 3. The molecule has 0 unspecified atom stereocenters. The van der Waals surface area contributed by atoms with E-state index in [1.54, 1.807) is 43.4 Å². The van der Waals surface area contributed by atoms with Gasteiger partial charge in [-0.05, 0) is 48.7 Å². The lowest BCUT2D eigenvalue weighted by molar-refractivity contribution is -0.151. The lowest BCUT2D eigenvalue weighted by atomic mass is 10.0. The van der Waals surface area contributed by atoms with Crippen LogP contribution in [0.5, 0.6) is 11.5 Å².